The highest BCUT2D eigenvalue weighted by molar-refractivity contribution is 5.76. The highest BCUT2D eigenvalue weighted by Crippen LogP contribution is 2.27. The Morgan fingerprint density at radius 3 is 2.69 bits per heavy atom. The largest absolute Gasteiger partial charge is 0.341 e. The van der Waals surface area contributed by atoms with Crippen LogP contribution in [0.25, 0.3) is 0 Å². The number of carbonyl (C=O) groups is 1. The molecule has 7 nitrogen and oxygen atoms in total. The maximum absolute atomic E-state index is 12.5. The number of imidazole rings is 1. The number of likely N-dealkylation sites (tertiary alicyclic amines) is 1. The Hall–Kier alpha value is -2.15. The predicted molar refractivity (Wildman–Crippen MR) is 101 cm³/mol. The van der Waals surface area contributed by atoms with Crippen LogP contribution in [0.1, 0.15) is 36.7 Å². The van der Waals surface area contributed by atoms with Crippen LogP contribution in [0.15, 0.2) is 24.7 Å². The van der Waals surface area contributed by atoms with Crippen molar-refractivity contribution >= 4 is 5.91 Å². The summed E-state index contributed by atoms with van der Waals surface area (Å²) in [5.74, 6) is 1.78. The van der Waals surface area contributed by atoms with Crippen molar-refractivity contribution in [2.24, 2.45) is 0 Å². The average Bonchev–Trinajstić information content (AvgIpc) is 3.24. The monoisotopic (exact) mass is 358 g/mol. The van der Waals surface area contributed by atoms with E-state index in [1.54, 1.807) is 10.9 Å². The molecule has 0 aromatic carbocycles. The molecule has 142 valence electrons. The van der Waals surface area contributed by atoms with Crippen molar-refractivity contribution in [1.82, 2.24) is 29.1 Å². The molecule has 1 amide bonds. The number of hydrogen-bond acceptors (Lipinski definition) is 4. The zero-order chi connectivity index (χ0) is 18.5. The predicted octanol–water partition coefficient (Wildman–Crippen LogP) is 1.75. The van der Waals surface area contributed by atoms with Crippen molar-refractivity contribution in [1.29, 1.82) is 0 Å². The average molecular weight is 358 g/mol. The van der Waals surface area contributed by atoms with E-state index in [9.17, 15) is 4.79 Å². The summed E-state index contributed by atoms with van der Waals surface area (Å²) in [4.78, 5) is 21.3. The molecule has 7 heteroatoms. The number of carbonyl (C=O) groups excluding carboxylic acids is 1. The molecule has 1 saturated heterocycles. The molecule has 2 aromatic heterocycles. The zero-order valence-corrected chi connectivity index (χ0v) is 16.1. The fraction of sp³-hybridized carbons (Fsp3) is 0.632. The topological polar surface area (TPSA) is 59.2 Å². The van der Waals surface area contributed by atoms with Crippen LogP contribution in [0.5, 0.6) is 0 Å². The van der Waals surface area contributed by atoms with Gasteiger partial charge in [0.1, 0.15) is 12.4 Å². The summed E-state index contributed by atoms with van der Waals surface area (Å²) in [6, 6.07) is 1.93. The first-order valence-corrected chi connectivity index (χ1v) is 9.46. The van der Waals surface area contributed by atoms with Gasteiger partial charge in [0, 0.05) is 49.8 Å². The Labute approximate surface area is 155 Å². The van der Waals surface area contributed by atoms with E-state index < -0.39 is 0 Å². The third-order valence-electron chi connectivity index (χ3n) is 5.18. The van der Waals surface area contributed by atoms with Gasteiger partial charge in [-0.1, -0.05) is 0 Å². The second kappa shape index (κ2) is 8.49. The van der Waals surface area contributed by atoms with E-state index in [4.69, 9.17) is 0 Å². The minimum atomic E-state index is 0.157. The molecule has 3 heterocycles. The Morgan fingerprint density at radius 2 is 2.04 bits per heavy atom. The van der Waals surface area contributed by atoms with Crippen molar-refractivity contribution in [2.45, 2.75) is 45.2 Å². The van der Waals surface area contributed by atoms with Crippen LogP contribution in [0.3, 0.4) is 0 Å². The molecule has 0 spiro atoms. The fourth-order valence-electron chi connectivity index (χ4n) is 3.61. The van der Waals surface area contributed by atoms with Gasteiger partial charge >= 0.3 is 0 Å². The maximum atomic E-state index is 12.5. The van der Waals surface area contributed by atoms with Gasteiger partial charge < -0.3 is 14.4 Å². The summed E-state index contributed by atoms with van der Waals surface area (Å²) in [5.41, 5.74) is 1.02. The summed E-state index contributed by atoms with van der Waals surface area (Å²) in [6.45, 7) is 6.00. The molecule has 3 rings (SSSR count). The van der Waals surface area contributed by atoms with Gasteiger partial charge in [0.15, 0.2) is 0 Å². The van der Waals surface area contributed by atoms with E-state index in [1.807, 2.05) is 24.1 Å². The van der Waals surface area contributed by atoms with E-state index in [0.29, 0.717) is 12.5 Å². The van der Waals surface area contributed by atoms with Gasteiger partial charge in [-0.3, -0.25) is 9.48 Å². The lowest BCUT2D eigenvalue weighted by Crippen LogP contribution is -2.40. The van der Waals surface area contributed by atoms with Gasteiger partial charge in [-0.2, -0.15) is 5.10 Å². The van der Waals surface area contributed by atoms with Crippen LogP contribution in [-0.4, -0.2) is 68.8 Å². The SMILES string of the molecule is Cc1ccnn1CC(=O)N1CCC(c2nccn2CCCN(C)C)CC1. The molecule has 0 N–H and O–H groups in total. The quantitative estimate of drug-likeness (QED) is 0.757. The second-order valence-electron chi connectivity index (χ2n) is 7.42. The first-order valence-electron chi connectivity index (χ1n) is 9.46. The zero-order valence-electron chi connectivity index (χ0n) is 16.1. The fourth-order valence-corrected chi connectivity index (χ4v) is 3.61. The lowest BCUT2D eigenvalue weighted by molar-refractivity contribution is -0.133. The van der Waals surface area contributed by atoms with Crippen molar-refractivity contribution in [3.63, 3.8) is 0 Å². The van der Waals surface area contributed by atoms with Gasteiger partial charge in [-0.15, -0.1) is 0 Å². The number of piperidine rings is 1. The Morgan fingerprint density at radius 1 is 1.27 bits per heavy atom. The number of aryl methyl sites for hydroxylation is 2. The number of rotatable bonds is 7. The molecule has 2 aromatic rings. The van der Waals surface area contributed by atoms with Crippen molar-refractivity contribution < 1.29 is 4.79 Å². The molecule has 1 aliphatic rings. The molecule has 0 saturated carbocycles. The van der Waals surface area contributed by atoms with E-state index in [-0.39, 0.29) is 5.91 Å². The molecular formula is C19H30N6O. The third-order valence-corrected chi connectivity index (χ3v) is 5.18. The second-order valence-corrected chi connectivity index (χ2v) is 7.42. The van der Waals surface area contributed by atoms with E-state index >= 15 is 0 Å². The van der Waals surface area contributed by atoms with Crippen LogP contribution in [0, 0.1) is 6.92 Å². The van der Waals surface area contributed by atoms with Gasteiger partial charge in [-0.05, 0) is 52.9 Å². The first kappa shape index (κ1) is 18.6. The van der Waals surface area contributed by atoms with Crippen LogP contribution >= 0.6 is 0 Å². The molecule has 1 aliphatic heterocycles. The number of aromatic nitrogens is 4. The summed E-state index contributed by atoms with van der Waals surface area (Å²) in [6.07, 6.45) is 8.82. The van der Waals surface area contributed by atoms with Crippen LogP contribution in [0.4, 0.5) is 0 Å². The molecule has 26 heavy (non-hydrogen) atoms. The smallest absolute Gasteiger partial charge is 0.244 e. The summed E-state index contributed by atoms with van der Waals surface area (Å²) < 4.78 is 4.06. The van der Waals surface area contributed by atoms with Crippen LogP contribution < -0.4 is 0 Å². The van der Waals surface area contributed by atoms with Gasteiger partial charge in [0.2, 0.25) is 5.91 Å². The normalized spacial score (nSPS) is 15.8. The van der Waals surface area contributed by atoms with E-state index in [0.717, 1.165) is 51.1 Å². The molecule has 0 unspecified atom stereocenters. The number of hydrogen-bond donors (Lipinski definition) is 0. The highest BCUT2D eigenvalue weighted by Gasteiger charge is 2.26. The Balaban J connectivity index is 1.51. The molecule has 1 fully saturated rings. The summed E-state index contributed by atoms with van der Waals surface area (Å²) in [5, 5.41) is 4.21. The minimum absolute atomic E-state index is 0.157. The molecule has 0 atom stereocenters. The van der Waals surface area contributed by atoms with Crippen molar-refractivity contribution in [3.8, 4) is 0 Å². The van der Waals surface area contributed by atoms with Crippen LogP contribution in [-0.2, 0) is 17.9 Å². The summed E-state index contributed by atoms with van der Waals surface area (Å²) in [7, 11) is 4.21. The standard InChI is InChI=1S/C19H30N6O/c1-16-5-8-21-25(16)15-18(26)23-12-6-17(7-13-23)19-20-9-14-24(19)11-4-10-22(2)3/h5,8-9,14,17H,4,6-7,10-13,15H2,1-3H3. The third kappa shape index (κ3) is 4.52. The number of amides is 1. The van der Waals surface area contributed by atoms with E-state index in [2.05, 4.69) is 39.8 Å². The minimum Gasteiger partial charge on any atom is -0.341 e. The lowest BCUT2D eigenvalue weighted by atomic mass is 9.95. The summed E-state index contributed by atoms with van der Waals surface area (Å²) >= 11 is 0. The van der Waals surface area contributed by atoms with Crippen molar-refractivity contribution in [3.05, 3.63) is 36.2 Å². The Kier molecular flexibility index (Phi) is 6.08. The first-order chi connectivity index (χ1) is 12.5. The molecular weight excluding hydrogens is 328 g/mol. The van der Waals surface area contributed by atoms with Crippen LogP contribution in [0.2, 0.25) is 0 Å². The molecule has 0 bridgehead atoms. The number of nitrogens with zero attached hydrogens (tertiary/aromatic N) is 6. The highest BCUT2D eigenvalue weighted by atomic mass is 16.2. The maximum Gasteiger partial charge on any atom is 0.244 e. The Bertz CT molecular complexity index is 711. The van der Waals surface area contributed by atoms with E-state index in [1.165, 1.54) is 5.82 Å². The lowest BCUT2D eigenvalue weighted by Gasteiger charge is -2.32. The van der Waals surface area contributed by atoms with Gasteiger partial charge in [0.05, 0.1) is 0 Å². The van der Waals surface area contributed by atoms with Crippen molar-refractivity contribution in [2.75, 3.05) is 33.7 Å². The molecule has 0 radical (unpaired) electrons. The molecule has 0 aliphatic carbocycles. The van der Waals surface area contributed by atoms with Gasteiger partial charge in [-0.25, -0.2) is 4.98 Å². The van der Waals surface area contributed by atoms with Gasteiger partial charge in [0.25, 0.3) is 0 Å².